The number of anilines is 1. The number of amides is 1. The molecular weight excluding hydrogens is 375 g/mol. The van der Waals surface area contributed by atoms with Crippen LogP contribution in [0.15, 0.2) is 12.4 Å². The third-order valence-electron chi connectivity index (χ3n) is 5.79. The van der Waals surface area contributed by atoms with Gasteiger partial charge in [-0.1, -0.05) is 6.92 Å². The van der Waals surface area contributed by atoms with E-state index in [1.165, 1.54) is 4.90 Å². The summed E-state index contributed by atoms with van der Waals surface area (Å²) in [5.41, 5.74) is 0.349. The van der Waals surface area contributed by atoms with E-state index < -0.39 is 23.9 Å². The fourth-order valence-electron chi connectivity index (χ4n) is 3.84. The lowest BCUT2D eigenvalue weighted by atomic mass is 10.0. The van der Waals surface area contributed by atoms with Gasteiger partial charge in [-0.25, -0.2) is 23.7 Å². The minimum Gasteiger partial charge on any atom is -0.444 e. The highest BCUT2D eigenvalue weighted by atomic mass is 19.1. The summed E-state index contributed by atoms with van der Waals surface area (Å²) in [4.78, 5) is 22.5. The molecule has 1 N–H and O–H groups in total. The Morgan fingerprint density at radius 3 is 2.69 bits per heavy atom. The summed E-state index contributed by atoms with van der Waals surface area (Å²) in [5.74, 6) is 1.33. The van der Waals surface area contributed by atoms with E-state index in [0.717, 1.165) is 30.6 Å². The van der Waals surface area contributed by atoms with Crippen LogP contribution in [0.4, 0.5) is 15.1 Å². The molecule has 1 amide bonds. The smallest absolute Gasteiger partial charge is 0.410 e. The number of carbonyl (C=O) groups excluding carboxylic acids is 1. The van der Waals surface area contributed by atoms with Crippen LogP contribution in [-0.4, -0.2) is 61.5 Å². The lowest BCUT2D eigenvalue weighted by Gasteiger charge is -2.35. The molecule has 0 radical (unpaired) electrons. The van der Waals surface area contributed by atoms with E-state index in [0.29, 0.717) is 18.9 Å². The number of halogens is 1. The highest BCUT2D eigenvalue weighted by Crippen LogP contribution is 2.50. The van der Waals surface area contributed by atoms with Gasteiger partial charge in [0.05, 0.1) is 25.0 Å². The molecule has 1 saturated carbocycles. The summed E-state index contributed by atoms with van der Waals surface area (Å²) in [6, 6.07) is -0.459. The second-order valence-electron chi connectivity index (χ2n) is 9.12. The topological polar surface area (TPSA) is 84.7 Å². The molecule has 0 aromatic carbocycles. The highest BCUT2D eigenvalue weighted by Gasteiger charge is 2.46. The van der Waals surface area contributed by atoms with E-state index in [1.807, 2.05) is 4.52 Å². The van der Waals surface area contributed by atoms with E-state index in [1.54, 1.807) is 33.2 Å². The molecule has 9 heteroatoms. The van der Waals surface area contributed by atoms with Gasteiger partial charge in [-0.05, 0) is 46.5 Å². The van der Waals surface area contributed by atoms with E-state index in [9.17, 15) is 9.18 Å². The quantitative estimate of drug-likeness (QED) is 0.841. The summed E-state index contributed by atoms with van der Waals surface area (Å²) in [6.07, 6.45) is 5.49. The number of rotatable bonds is 4. The Bertz CT molecular complexity index is 904. The average molecular weight is 404 g/mol. The van der Waals surface area contributed by atoms with E-state index in [2.05, 4.69) is 27.3 Å². The largest absolute Gasteiger partial charge is 0.444 e. The van der Waals surface area contributed by atoms with Gasteiger partial charge < -0.3 is 15.0 Å². The van der Waals surface area contributed by atoms with Crippen LogP contribution in [0.5, 0.6) is 0 Å². The zero-order chi connectivity index (χ0) is 20.8. The van der Waals surface area contributed by atoms with Crippen molar-refractivity contribution >= 4 is 17.6 Å². The third-order valence-corrected chi connectivity index (χ3v) is 5.79. The number of alkyl halides is 1. The summed E-state index contributed by atoms with van der Waals surface area (Å²) >= 11 is 0. The number of nitrogens with one attached hydrogen (secondary N) is 1. The Labute approximate surface area is 169 Å². The second kappa shape index (κ2) is 7.11. The van der Waals surface area contributed by atoms with Crippen LogP contribution in [0.25, 0.3) is 5.52 Å². The lowest BCUT2D eigenvalue weighted by Crippen LogP contribution is -2.51. The lowest BCUT2D eigenvalue weighted by molar-refractivity contribution is 0.0125. The molecule has 2 fully saturated rings. The number of aromatic nitrogens is 4. The standard InChI is InChI=1S/C20H29FN6O2/c1-5-20(7-8-20)16-22-10-13-11-23-17(25-27(13)16)24-15-6-9-26(12-14(15)21)18(28)29-19(2,3)4/h10-11,14-15H,5-9,12H2,1-4H3,(H,24,25)/t14-,15-/m1/s1. The minimum absolute atomic E-state index is 0.00983. The van der Waals surface area contributed by atoms with Gasteiger partial charge in [0, 0.05) is 12.0 Å². The van der Waals surface area contributed by atoms with E-state index in [-0.39, 0.29) is 12.0 Å². The molecule has 4 rings (SSSR count). The van der Waals surface area contributed by atoms with Gasteiger partial charge in [-0.3, -0.25) is 0 Å². The van der Waals surface area contributed by atoms with Crippen molar-refractivity contribution in [2.24, 2.45) is 0 Å². The van der Waals surface area contributed by atoms with Crippen molar-refractivity contribution in [2.75, 3.05) is 18.4 Å². The number of nitrogens with zero attached hydrogens (tertiary/aromatic N) is 5. The van der Waals surface area contributed by atoms with Crippen molar-refractivity contribution in [2.45, 2.75) is 76.6 Å². The van der Waals surface area contributed by atoms with Crippen LogP contribution in [0, 0.1) is 0 Å². The Morgan fingerprint density at radius 1 is 1.34 bits per heavy atom. The maximum Gasteiger partial charge on any atom is 0.410 e. The minimum atomic E-state index is -1.23. The Balaban J connectivity index is 1.44. The molecule has 0 bridgehead atoms. The van der Waals surface area contributed by atoms with Gasteiger partial charge in [-0.15, -0.1) is 5.10 Å². The molecule has 29 heavy (non-hydrogen) atoms. The number of piperidine rings is 1. The Hall–Kier alpha value is -2.45. The molecule has 3 heterocycles. The van der Waals surface area contributed by atoms with E-state index >= 15 is 0 Å². The van der Waals surface area contributed by atoms with Crippen LogP contribution in [0.2, 0.25) is 0 Å². The molecule has 8 nitrogen and oxygen atoms in total. The number of fused-ring (bicyclic) bond motifs is 1. The Kier molecular flexibility index (Phi) is 4.86. The first-order valence-corrected chi connectivity index (χ1v) is 10.3. The Morgan fingerprint density at radius 2 is 2.07 bits per heavy atom. The molecule has 0 spiro atoms. The van der Waals surface area contributed by atoms with Crippen LogP contribution in [0.1, 0.15) is 59.2 Å². The molecule has 158 valence electrons. The maximum absolute atomic E-state index is 14.8. The number of carbonyl (C=O) groups is 1. The summed E-state index contributed by atoms with van der Waals surface area (Å²) < 4.78 is 22.0. The van der Waals surface area contributed by atoms with Crippen LogP contribution >= 0.6 is 0 Å². The zero-order valence-electron chi connectivity index (χ0n) is 17.5. The van der Waals surface area contributed by atoms with Crippen molar-refractivity contribution in [3.63, 3.8) is 0 Å². The van der Waals surface area contributed by atoms with Gasteiger partial charge in [0.2, 0.25) is 5.95 Å². The molecule has 0 unspecified atom stereocenters. The first kappa shape index (κ1) is 19.8. The van der Waals surface area contributed by atoms with Gasteiger partial charge in [0.1, 0.15) is 23.1 Å². The number of hydrogen-bond donors (Lipinski definition) is 1. The molecule has 2 aromatic rings. The highest BCUT2D eigenvalue weighted by molar-refractivity contribution is 5.68. The predicted octanol–water partition coefficient (Wildman–Crippen LogP) is 3.33. The fourth-order valence-corrected chi connectivity index (χ4v) is 3.84. The molecule has 2 aromatic heterocycles. The third kappa shape index (κ3) is 4.00. The molecule has 1 aliphatic heterocycles. The summed E-state index contributed by atoms with van der Waals surface area (Å²) in [6.45, 7) is 7.98. The molecular formula is C20H29FN6O2. The van der Waals surface area contributed by atoms with Crippen LogP contribution in [-0.2, 0) is 10.2 Å². The molecule has 1 saturated heterocycles. The van der Waals surface area contributed by atoms with Crippen LogP contribution in [0.3, 0.4) is 0 Å². The van der Waals surface area contributed by atoms with Crippen molar-refractivity contribution in [1.82, 2.24) is 24.5 Å². The van der Waals surface area contributed by atoms with Crippen molar-refractivity contribution in [3.8, 4) is 0 Å². The second-order valence-corrected chi connectivity index (χ2v) is 9.12. The van der Waals surface area contributed by atoms with Gasteiger partial charge in [0.15, 0.2) is 0 Å². The predicted molar refractivity (Wildman–Crippen MR) is 107 cm³/mol. The molecule has 1 aliphatic carbocycles. The average Bonchev–Trinajstić information content (AvgIpc) is 3.34. The van der Waals surface area contributed by atoms with Crippen molar-refractivity contribution < 1.29 is 13.9 Å². The van der Waals surface area contributed by atoms with Gasteiger partial charge in [-0.2, -0.15) is 0 Å². The number of likely N-dealkylation sites (tertiary alicyclic amines) is 1. The first-order chi connectivity index (χ1) is 13.7. The van der Waals surface area contributed by atoms with Crippen molar-refractivity contribution in [1.29, 1.82) is 0 Å². The zero-order valence-corrected chi connectivity index (χ0v) is 17.5. The van der Waals surface area contributed by atoms with Gasteiger partial charge >= 0.3 is 6.09 Å². The normalized spacial score (nSPS) is 23.8. The monoisotopic (exact) mass is 404 g/mol. The van der Waals surface area contributed by atoms with Crippen molar-refractivity contribution in [3.05, 3.63) is 18.2 Å². The summed E-state index contributed by atoms with van der Waals surface area (Å²) in [7, 11) is 0. The first-order valence-electron chi connectivity index (χ1n) is 10.3. The number of imidazole rings is 1. The van der Waals surface area contributed by atoms with Crippen LogP contribution < -0.4 is 5.32 Å². The SMILES string of the molecule is CCC1(c2ncc3cnc(N[C@@H]4CCN(C(=O)OC(C)(C)C)C[C@H]4F)nn23)CC1. The number of ether oxygens (including phenoxy) is 1. The molecule has 2 aliphatic rings. The maximum atomic E-state index is 14.8. The van der Waals surface area contributed by atoms with Gasteiger partial charge in [0.25, 0.3) is 0 Å². The molecule has 2 atom stereocenters. The fraction of sp³-hybridized carbons (Fsp3) is 0.700. The summed E-state index contributed by atoms with van der Waals surface area (Å²) in [5, 5.41) is 7.69. The number of hydrogen-bond acceptors (Lipinski definition) is 6. The van der Waals surface area contributed by atoms with E-state index in [4.69, 9.17) is 4.74 Å².